The molecule has 0 radical (unpaired) electrons. The first-order valence-corrected chi connectivity index (χ1v) is 12.7. The summed E-state index contributed by atoms with van der Waals surface area (Å²) in [7, 11) is 0. The summed E-state index contributed by atoms with van der Waals surface area (Å²) in [6.07, 6.45) is -1.89. The first-order chi connectivity index (χ1) is 17.3. The quantitative estimate of drug-likeness (QED) is 0.594. The van der Waals surface area contributed by atoms with Gasteiger partial charge in [0.2, 0.25) is 5.91 Å². The number of hydrogen-bond acceptors (Lipinski definition) is 5. The van der Waals surface area contributed by atoms with Crippen molar-refractivity contribution in [1.82, 2.24) is 20.1 Å². The number of carbonyl (C=O) groups excluding carboxylic acids is 1. The van der Waals surface area contributed by atoms with Crippen LogP contribution in [0.3, 0.4) is 0 Å². The zero-order valence-corrected chi connectivity index (χ0v) is 20.8. The van der Waals surface area contributed by atoms with E-state index in [0.717, 1.165) is 58.1 Å². The van der Waals surface area contributed by atoms with Crippen LogP contribution >= 0.6 is 0 Å². The average molecular weight is 505 g/mol. The lowest BCUT2D eigenvalue weighted by atomic mass is 9.86. The van der Waals surface area contributed by atoms with Crippen LogP contribution in [0.25, 0.3) is 0 Å². The van der Waals surface area contributed by atoms with Crippen molar-refractivity contribution in [2.75, 3.05) is 52.5 Å². The van der Waals surface area contributed by atoms with Crippen molar-refractivity contribution in [2.24, 2.45) is 0 Å². The number of aromatic nitrogens is 1. The number of rotatable bonds is 8. The van der Waals surface area contributed by atoms with E-state index < -0.39 is 17.8 Å². The number of piperazine rings is 1. The molecule has 2 aliphatic heterocycles. The second-order valence-corrected chi connectivity index (χ2v) is 9.79. The highest BCUT2D eigenvalue weighted by molar-refractivity contribution is 5.82. The monoisotopic (exact) mass is 504 g/mol. The van der Waals surface area contributed by atoms with Crippen molar-refractivity contribution in [3.8, 4) is 0 Å². The van der Waals surface area contributed by atoms with E-state index in [2.05, 4.69) is 44.4 Å². The first kappa shape index (κ1) is 26.6. The normalized spacial score (nSPS) is 20.1. The molecule has 1 N–H and O–H groups in total. The number of amides is 1. The third kappa shape index (κ3) is 6.63. The van der Waals surface area contributed by atoms with Gasteiger partial charge in [-0.3, -0.25) is 9.69 Å². The number of benzene rings is 1. The summed E-state index contributed by atoms with van der Waals surface area (Å²) in [5, 5.41) is 3.03. The number of nitrogens with zero attached hydrogens (tertiary/aromatic N) is 3. The van der Waals surface area contributed by atoms with Gasteiger partial charge in [-0.05, 0) is 43.9 Å². The summed E-state index contributed by atoms with van der Waals surface area (Å²) in [6.45, 7) is 8.09. The van der Waals surface area contributed by atoms with E-state index in [4.69, 9.17) is 4.74 Å². The van der Waals surface area contributed by atoms with Crippen LogP contribution in [0.1, 0.15) is 42.6 Å². The fourth-order valence-electron chi connectivity index (χ4n) is 5.12. The van der Waals surface area contributed by atoms with Gasteiger partial charge in [-0.25, -0.2) is 4.98 Å². The van der Waals surface area contributed by atoms with Crippen LogP contribution in [0.2, 0.25) is 0 Å². The molecule has 3 heterocycles. The fraction of sp³-hybridized carbons (Fsp3) is 0.556. The molecule has 1 unspecified atom stereocenters. The molecular formula is C27H35F3N4O2. The molecule has 196 valence electrons. The average Bonchev–Trinajstić information content (AvgIpc) is 2.91. The number of ether oxygens (including phenoxy) is 1. The van der Waals surface area contributed by atoms with Gasteiger partial charge < -0.3 is 15.0 Å². The molecule has 9 heteroatoms. The third-order valence-corrected chi connectivity index (χ3v) is 7.52. The second kappa shape index (κ2) is 11.7. The van der Waals surface area contributed by atoms with E-state index in [1.807, 2.05) is 6.07 Å². The standard InChI is InChI=1S/C27H35F3N4O2/c1-21(23-8-5-9-24(32-23)27(28,29)30)25(35)31-20-26(11-18-36-19-12-26)34-16-14-33(15-17-34)13-10-22-6-3-2-4-7-22/h2-9,21H,10-20H2,1H3,(H,31,35). The van der Waals surface area contributed by atoms with Crippen LogP contribution in [0.4, 0.5) is 13.2 Å². The van der Waals surface area contributed by atoms with Crippen molar-refractivity contribution >= 4 is 5.91 Å². The third-order valence-electron chi connectivity index (χ3n) is 7.52. The summed E-state index contributed by atoms with van der Waals surface area (Å²) in [5.41, 5.74) is 0.273. The molecule has 4 rings (SSSR count). The van der Waals surface area contributed by atoms with E-state index in [1.54, 1.807) is 6.92 Å². The van der Waals surface area contributed by atoms with E-state index in [0.29, 0.717) is 19.8 Å². The minimum atomic E-state index is -4.54. The SMILES string of the molecule is CC(C(=O)NCC1(N2CCN(CCc3ccccc3)CC2)CCOCC1)c1cccc(C(F)(F)F)n1. The highest BCUT2D eigenvalue weighted by atomic mass is 19.4. The smallest absolute Gasteiger partial charge is 0.381 e. The molecule has 2 saturated heterocycles. The van der Waals surface area contributed by atoms with Gasteiger partial charge in [-0.2, -0.15) is 13.2 Å². The molecule has 2 aromatic rings. The number of alkyl halides is 3. The molecule has 1 atom stereocenters. The van der Waals surface area contributed by atoms with Gasteiger partial charge in [0.05, 0.1) is 11.6 Å². The maximum atomic E-state index is 13.1. The van der Waals surface area contributed by atoms with Crippen LogP contribution in [-0.2, 0) is 22.1 Å². The van der Waals surface area contributed by atoms with E-state index in [1.165, 1.54) is 17.7 Å². The fourth-order valence-corrected chi connectivity index (χ4v) is 5.12. The summed E-state index contributed by atoms with van der Waals surface area (Å²) >= 11 is 0. The minimum absolute atomic E-state index is 0.121. The van der Waals surface area contributed by atoms with Gasteiger partial charge >= 0.3 is 6.18 Å². The van der Waals surface area contributed by atoms with Crippen molar-refractivity contribution in [2.45, 2.75) is 43.8 Å². The van der Waals surface area contributed by atoms with Crippen molar-refractivity contribution in [3.63, 3.8) is 0 Å². The molecule has 2 fully saturated rings. The van der Waals surface area contributed by atoms with Crippen LogP contribution in [-0.4, -0.2) is 78.7 Å². The minimum Gasteiger partial charge on any atom is -0.381 e. The Morgan fingerprint density at radius 3 is 2.42 bits per heavy atom. The molecule has 1 aromatic heterocycles. The predicted molar refractivity (Wildman–Crippen MR) is 132 cm³/mol. The number of nitrogens with one attached hydrogen (secondary N) is 1. The Bertz CT molecular complexity index is 988. The largest absolute Gasteiger partial charge is 0.433 e. The zero-order chi connectivity index (χ0) is 25.6. The molecule has 0 aliphatic carbocycles. The molecule has 0 saturated carbocycles. The lowest BCUT2D eigenvalue weighted by molar-refractivity contribution is -0.141. The van der Waals surface area contributed by atoms with Gasteiger partial charge in [0.1, 0.15) is 5.69 Å². The lowest BCUT2D eigenvalue weighted by Crippen LogP contribution is -2.63. The molecular weight excluding hydrogens is 469 g/mol. The Morgan fingerprint density at radius 1 is 1.06 bits per heavy atom. The van der Waals surface area contributed by atoms with Crippen molar-refractivity contribution in [3.05, 3.63) is 65.5 Å². The maximum absolute atomic E-state index is 13.1. The predicted octanol–water partition coefficient (Wildman–Crippen LogP) is 3.73. The van der Waals surface area contributed by atoms with Crippen LogP contribution in [0, 0.1) is 0 Å². The number of halogens is 3. The van der Waals surface area contributed by atoms with E-state index in [9.17, 15) is 18.0 Å². The molecule has 6 nitrogen and oxygen atoms in total. The number of carbonyl (C=O) groups is 1. The van der Waals surface area contributed by atoms with E-state index >= 15 is 0 Å². The number of pyridine rings is 1. The van der Waals surface area contributed by atoms with Crippen molar-refractivity contribution < 1.29 is 22.7 Å². The van der Waals surface area contributed by atoms with Gasteiger partial charge in [-0.1, -0.05) is 36.4 Å². The highest BCUT2D eigenvalue weighted by Crippen LogP contribution is 2.30. The Kier molecular flexibility index (Phi) is 8.64. The van der Waals surface area contributed by atoms with Crippen molar-refractivity contribution in [1.29, 1.82) is 0 Å². The van der Waals surface area contributed by atoms with Crippen LogP contribution in [0.5, 0.6) is 0 Å². The topological polar surface area (TPSA) is 57.7 Å². The van der Waals surface area contributed by atoms with E-state index in [-0.39, 0.29) is 17.1 Å². The Labute approximate surface area is 210 Å². The molecule has 0 spiro atoms. The molecule has 36 heavy (non-hydrogen) atoms. The molecule has 1 amide bonds. The molecule has 2 aliphatic rings. The van der Waals surface area contributed by atoms with Crippen LogP contribution in [0.15, 0.2) is 48.5 Å². The Balaban J connectivity index is 1.34. The summed E-state index contributed by atoms with van der Waals surface area (Å²) in [6, 6.07) is 14.2. The summed E-state index contributed by atoms with van der Waals surface area (Å²) in [5.74, 6) is -1.09. The highest BCUT2D eigenvalue weighted by Gasteiger charge is 2.40. The maximum Gasteiger partial charge on any atom is 0.433 e. The first-order valence-electron chi connectivity index (χ1n) is 12.7. The zero-order valence-electron chi connectivity index (χ0n) is 20.8. The van der Waals surface area contributed by atoms with Gasteiger partial charge in [0.25, 0.3) is 0 Å². The van der Waals surface area contributed by atoms with Gasteiger partial charge in [0.15, 0.2) is 0 Å². The molecule has 1 aromatic carbocycles. The Hall–Kier alpha value is -2.49. The van der Waals surface area contributed by atoms with Crippen LogP contribution < -0.4 is 5.32 Å². The number of hydrogen-bond donors (Lipinski definition) is 1. The molecule has 0 bridgehead atoms. The Morgan fingerprint density at radius 2 is 1.75 bits per heavy atom. The summed E-state index contributed by atoms with van der Waals surface area (Å²) < 4.78 is 44.8. The summed E-state index contributed by atoms with van der Waals surface area (Å²) in [4.78, 5) is 21.6. The second-order valence-electron chi connectivity index (χ2n) is 9.79. The van der Waals surface area contributed by atoms with Gasteiger partial charge in [-0.15, -0.1) is 0 Å². The van der Waals surface area contributed by atoms with Gasteiger partial charge in [0, 0.05) is 58.0 Å². The lowest BCUT2D eigenvalue weighted by Gasteiger charge is -2.49.